The van der Waals surface area contributed by atoms with Crippen molar-refractivity contribution in [2.75, 3.05) is 57.5 Å². The third-order valence-corrected chi connectivity index (χ3v) is 9.92. The van der Waals surface area contributed by atoms with Gasteiger partial charge < -0.3 is 29.0 Å². The molecule has 3 saturated heterocycles. The van der Waals surface area contributed by atoms with Gasteiger partial charge in [-0.25, -0.2) is 18.0 Å². The van der Waals surface area contributed by atoms with E-state index in [1.165, 1.54) is 30.5 Å². The van der Waals surface area contributed by atoms with E-state index in [2.05, 4.69) is 14.9 Å². The minimum Gasteiger partial charge on any atom is -0.508 e. The second-order valence-electron chi connectivity index (χ2n) is 13.4. The lowest BCUT2D eigenvalue weighted by Gasteiger charge is -2.33. The van der Waals surface area contributed by atoms with Crippen molar-refractivity contribution in [1.82, 2.24) is 19.9 Å². The van der Waals surface area contributed by atoms with Gasteiger partial charge in [0, 0.05) is 37.7 Å². The molecule has 0 saturated carbocycles. The maximum Gasteiger partial charge on any atom is 0.508 e. The van der Waals surface area contributed by atoms with E-state index in [4.69, 9.17) is 23.9 Å². The number of hydrogen-bond acceptors (Lipinski definition) is 11. The number of hydrogen-bond donors (Lipinski definition) is 1. The van der Waals surface area contributed by atoms with Crippen LogP contribution in [-0.4, -0.2) is 101 Å². The maximum atomic E-state index is 16.9. The standard InChI is InChI=1S/C34H34F3N5O6/c1-33-16-41(8-10-45-17-33)30-24-14-38-28(23-12-21(43)11-19-3-4-25(36)22(26(19)23)5-9-46-32(44)48-33)27(37)29(24)39-31(40-30)47-18-34-6-2-7-42(34)15-20(35)13-34/h3-4,11-12,14,20,43H,2,5-10,13,15-18H2,1H3/t20-,33+,34+/m1/s1. The van der Waals surface area contributed by atoms with Gasteiger partial charge in [0.05, 0.1) is 37.3 Å². The summed E-state index contributed by atoms with van der Waals surface area (Å²) in [6.07, 6.45) is 1.46. The zero-order valence-electron chi connectivity index (χ0n) is 26.3. The highest BCUT2D eigenvalue weighted by atomic mass is 19.1. The second-order valence-corrected chi connectivity index (χ2v) is 13.4. The van der Waals surface area contributed by atoms with Gasteiger partial charge in [-0.1, -0.05) is 6.07 Å². The number of nitrogens with zero attached hydrogens (tertiary/aromatic N) is 5. The van der Waals surface area contributed by atoms with Crippen molar-refractivity contribution in [3.05, 3.63) is 47.7 Å². The molecule has 2 aromatic carbocycles. The molecule has 2 aromatic heterocycles. The van der Waals surface area contributed by atoms with Crippen LogP contribution in [0.1, 0.15) is 31.7 Å². The number of phenols is 1. The number of fused-ring (bicyclic) bond motifs is 6. The molecule has 0 amide bonds. The van der Waals surface area contributed by atoms with E-state index in [-0.39, 0.29) is 84.7 Å². The van der Waals surface area contributed by atoms with Crippen LogP contribution in [0.2, 0.25) is 0 Å². The lowest BCUT2D eigenvalue weighted by Crippen LogP contribution is -2.46. The molecule has 0 aliphatic carbocycles. The van der Waals surface area contributed by atoms with Crippen LogP contribution >= 0.6 is 0 Å². The molecule has 5 aliphatic heterocycles. The van der Waals surface area contributed by atoms with E-state index in [0.29, 0.717) is 30.3 Å². The molecule has 7 heterocycles. The van der Waals surface area contributed by atoms with Gasteiger partial charge in [-0.2, -0.15) is 9.97 Å². The monoisotopic (exact) mass is 665 g/mol. The van der Waals surface area contributed by atoms with Crippen LogP contribution in [0.4, 0.5) is 23.8 Å². The summed E-state index contributed by atoms with van der Waals surface area (Å²) in [4.78, 5) is 30.6. The first kappa shape index (κ1) is 30.9. The lowest BCUT2D eigenvalue weighted by atomic mass is 9.94. The van der Waals surface area contributed by atoms with E-state index >= 15 is 8.78 Å². The first-order chi connectivity index (χ1) is 23.1. The predicted octanol–water partition coefficient (Wildman–Crippen LogP) is 5.09. The molecule has 5 aliphatic rings. The number of phenolic OH excluding ortho intramolecular Hbond substituents is 1. The maximum absolute atomic E-state index is 16.9. The number of ether oxygens (including phenoxy) is 4. The van der Waals surface area contributed by atoms with Crippen LogP contribution < -0.4 is 9.64 Å². The SMILES string of the molecule is C[C@@]12COCCN(C1)c1nc(OC[C@@]34CCCN3C[C@H](F)C4)nc3c(F)c(ncc13)-c1cc(O)cc3ccc(F)c(c13)CCOC(=O)O2. The molecule has 11 nitrogen and oxygen atoms in total. The Kier molecular flexibility index (Phi) is 7.47. The molecule has 252 valence electrons. The number of halogens is 3. The van der Waals surface area contributed by atoms with Crippen molar-refractivity contribution >= 4 is 33.6 Å². The van der Waals surface area contributed by atoms with Gasteiger partial charge in [0.2, 0.25) is 0 Å². The molecule has 0 radical (unpaired) electrons. The van der Waals surface area contributed by atoms with Gasteiger partial charge in [-0.3, -0.25) is 9.88 Å². The van der Waals surface area contributed by atoms with Gasteiger partial charge in [-0.15, -0.1) is 0 Å². The Morgan fingerprint density at radius 3 is 2.92 bits per heavy atom. The minimum atomic E-state index is -1.20. The predicted molar refractivity (Wildman–Crippen MR) is 168 cm³/mol. The average molecular weight is 666 g/mol. The third kappa shape index (κ3) is 5.30. The number of anilines is 1. The quantitative estimate of drug-likeness (QED) is 0.295. The van der Waals surface area contributed by atoms with Crippen molar-refractivity contribution in [1.29, 1.82) is 0 Å². The molecule has 14 heteroatoms. The van der Waals surface area contributed by atoms with Crippen LogP contribution in [0.5, 0.6) is 11.8 Å². The Hall–Kier alpha value is -4.43. The van der Waals surface area contributed by atoms with Crippen molar-refractivity contribution in [2.45, 2.75) is 49.9 Å². The summed E-state index contributed by atoms with van der Waals surface area (Å²) in [5, 5.41) is 11.6. The Bertz CT molecular complexity index is 1950. The number of alkyl halides is 1. The fourth-order valence-electron chi connectivity index (χ4n) is 7.79. The van der Waals surface area contributed by atoms with Crippen LogP contribution in [0.15, 0.2) is 30.5 Å². The Labute approximate surface area is 273 Å². The minimum absolute atomic E-state index is 0.0509. The van der Waals surface area contributed by atoms with Gasteiger partial charge in [0.1, 0.15) is 41.4 Å². The fourth-order valence-corrected chi connectivity index (χ4v) is 7.79. The number of aromatic hydroxyl groups is 1. The van der Waals surface area contributed by atoms with Crippen LogP contribution in [-0.2, 0) is 20.6 Å². The molecule has 6 bridgehead atoms. The zero-order chi connectivity index (χ0) is 33.2. The lowest BCUT2D eigenvalue weighted by molar-refractivity contribution is -0.0571. The summed E-state index contributed by atoms with van der Waals surface area (Å²) >= 11 is 0. The van der Waals surface area contributed by atoms with Gasteiger partial charge >= 0.3 is 12.2 Å². The number of aromatic nitrogens is 3. The molecule has 0 spiro atoms. The molecule has 1 N–H and O–H groups in total. The van der Waals surface area contributed by atoms with Crippen molar-refractivity contribution < 1.29 is 42.0 Å². The van der Waals surface area contributed by atoms with Crippen molar-refractivity contribution in [2.24, 2.45) is 0 Å². The van der Waals surface area contributed by atoms with E-state index in [1.807, 2.05) is 0 Å². The Morgan fingerprint density at radius 1 is 1.17 bits per heavy atom. The van der Waals surface area contributed by atoms with Gasteiger partial charge in [-0.05, 0) is 60.8 Å². The van der Waals surface area contributed by atoms with Crippen LogP contribution in [0.25, 0.3) is 32.9 Å². The normalized spacial score (nSPS) is 26.1. The molecule has 4 aromatic rings. The summed E-state index contributed by atoms with van der Waals surface area (Å²) in [6, 6.07) is 5.36. The third-order valence-electron chi connectivity index (χ3n) is 9.92. The van der Waals surface area contributed by atoms with Crippen molar-refractivity contribution in [3.63, 3.8) is 0 Å². The number of pyridine rings is 1. The number of rotatable bonds is 3. The van der Waals surface area contributed by atoms with Gasteiger partial charge in [0.15, 0.2) is 11.4 Å². The molecule has 48 heavy (non-hydrogen) atoms. The largest absolute Gasteiger partial charge is 0.508 e. The van der Waals surface area contributed by atoms with Gasteiger partial charge in [0.25, 0.3) is 0 Å². The fraction of sp³-hybridized carbons (Fsp3) is 0.471. The summed E-state index contributed by atoms with van der Waals surface area (Å²) in [5.74, 6) is -1.32. The summed E-state index contributed by atoms with van der Waals surface area (Å²) in [6.45, 7) is 3.40. The molecular weight excluding hydrogens is 631 g/mol. The Balaban J connectivity index is 1.33. The number of carbonyl (C=O) groups excluding carboxylic acids is 1. The molecule has 9 rings (SSSR count). The van der Waals surface area contributed by atoms with E-state index < -0.39 is 35.1 Å². The van der Waals surface area contributed by atoms with Crippen LogP contribution in [0, 0.1) is 11.6 Å². The highest BCUT2D eigenvalue weighted by Crippen LogP contribution is 2.42. The molecule has 3 fully saturated rings. The smallest absolute Gasteiger partial charge is 0.508 e. The topological polar surface area (TPSA) is 119 Å². The molecular formula is C34H34F3N5O6. The number of benzene rings is 2. The van der Waals surface area contributed by atoms with E-state index in [0.717, 1.165) is 19.4 Å². The first-order valence-corrected chi connectivity index (χ1v) is 16.1. The average Bonchev–Trinajstić information content (AvgIpc) is 3.50. The Morgan fingerprint density at radius 2 is 2.04 bits per heavy atom. The van der Waals surface area contributed by atoms with E-state index in [9.17, 15) is 14.3 Å². The summed E-state index contributed by atoms with van der Waals surface area (Å²) in [7, 11) is 0. The highest BCUT2D eigenvalue weighted by Gasteiger charge is 2.49. The van der Waals surface area contributed by atoms with E-state index in [1.54, 1.807) is 11.8 Å². The summed E-state index contributed by atoms with van der Waals surface area (Å²) in [5.41, 5.74) is -1.70. The van der Waals surface area contributed by atoms with Crippen LogP contribution in [0.3, 0.4) is 0 Å². The number of carbonyl (C=O) groups is 1. The molecule has 3 atom stereocenters. The first-order valence-electron chi connectivity index (χ1n) is 16.1. The second kappa shape index (κ2) is 11.6. The molecule has 0 unspecified atom stereocenters. The van der Waals surface area contributed by atoms with Crippen molar-refractivity contribution in [3.8, 4) is 23.0 Å². The zero-order valence-corrected chi connectivity index (χ0v) is 26.3. The summed E-state index contributed by atoms with van der Waals surface area (Å²) < 4.78 is 70.1. The highest BCUT2D eigenvalue weighted by molar-refractivity contribution is 6.01.